The number of carbonyl (C=O) groups excluding carboxylic acids is 2. The van der Waals surface area contributed by atoms with Crippen molar-refractivity contribution in [2.24, 2.45) is 5.41 Å². The Bertz CT molecular complexity index is 834. The monoisotopic (exact) mass is 350 g/mol. The van der Waals surface area contributed by atoms with Gasteiger partial charge in [0.15, 0.2) is 0 Å². The summed E-state index contributed by atoms with van der Waals surface area (Å²) >= 11 is 0. The molecule has 0 atom stereocenters. The molecule has 136 valence electrons. The first-order valence-corrected chi connectivity index (χ1v) is 9.12. The Hall–Kier alpha value is -2.62. The molecule has 0 aromatic heterocycles. The van der Waals surface area contributed by atoms with Crippen LogP contribution in [0.3, 0.4) is 0 Å². The third-order valence-electron chi connectivity index (χ3n) is 5.31. The Morgan fingerprint density at radius 2 is 1.54 bits per heavy atom. The van der Waals surface area contributed by atoms with Gasteiger partial charge in [-0.2, -0.15) is 0 Å². The lowest BCUT2D eigenvalue weighted by molar-refractivity contribution is -0.131. The van der Waals surface area contributed by atoms with Gasteiger partial charge in [0.25, 0.3) is 0 Å². The Labute approximate surface area is 155 Å². The molecule has 0 saturated heterocycles. The molecule has 0 heterocycles. The predicted octanol–water partition coefficient (Wildman–Crippen LogP) is 4.78. The van der Waals surface area contributed by atoms with Crippen LogP contribution in [0.2, 0.25) is 0 Å². The Kier molecular flexibility index (Phi) is 4.86. The minimum atomic E-state index is -0.951. The van der Waals surface area contributed by atoms with E-state index in [-0.39, 0.29) is 11.8 Å². The van der Waals surface area contributed by atoms with E-state index in [9.17, 15) is 9.59 Å². The number of hydrogen-bond acceptors (Lipinski definition) is 2. The molecule has 4 heteroatoms. The summed E-state index contributed by atoms with van der Waals surface area (Å²) in [5, 5.41) is 5.85. The van der Waals surface area contributed by atoms with Gasteiger partial charge in [-0.3, -0.25) is 9.59 Å². The molecule has 2 aromatic rings. The van der Waals surface area contributed by atoms with Crippen LogP contribution < -0.4 is 10.6 Å². The summed E-state index contributed by atoms with van der Waals surface area (Å²) in [5.41, 5.74) is 3.91. The average molecular weight is 350 g/mol. The predicted molar refractivity (Wildman–Crippen MR) is 105 cm³/mol. The Morgan fingerprint density at radius 1 is 0.923 bits per heavy atom. The number of anilines is 2. The fourth-order valence-corrected chi connectivity index (χ4v) is 3.01. The van der Waals surface area contributed by atoms with Gasteiger partial charge >= 0.3 is 0 Å². The zero-order valence-corrected chi connectivity index (χ0v) is 15.8. The van der Waals surface area contributed by atoms with Gasteiger partial charge in [0.05, 0.1) is 0 Å². The van der Waals surface area contributed by atoms with Crippen LogP contribution >= 0.6 is 0 Å². The number of rotatable bonds is 5. The van der Waals surface area contributed by atoms with Crippen LogP contribution in [0.5, 0.6) is 0 Å². The molecular formula is C22H26N2O2. The number of carbonyl (C=O) groups is 2. The van der Waals surface area contributed by atoms with E-state index in [1.165, 1.54) is 5.56 Å². The van der Waals surface area contributed by atoms with Gasteiger partial charge in [-0.05, 0) is 67.5 Å². The summed E-state index contributed by atoms with van der Waals surface area (Å²) in [6, 6.07) is 13.6. The van der Waals surface area contributed by atoms with E-state index < -0.39 is 5.41 Å². The standard InChI is InChI=1S/C22H26N2O2/c1-14(2)17-8-10-18(11-9-17)23-20(25)22(12-13-22)21(26)24-19-7-5-6-15(3)16(19)4/h5-11,14H,12-13H2,1-4H3,(H,23,25)(H,24,26). The number of amides is 2. The molecule has 0 unspecified atom stereocenters. The van der Waals surface area contributed by atoms with Crippen molar-refractivity contribution >= 4 is 23.2 Å². The van der Waals surface area contributed by atoms with Crippen molar-refractivity contribution in [2.75, 3.05) is 10.6 Å². The lowest BCUT2D eigenvalue weighted by atomic mass is 10.0. The van der Waals surface area contributed by atoms with Gasteiger partial charge in [0, 0.05) is 11.4 Å². The topological polar surface area (TPSA) is 58.2 Å². The second-order valence-electron chi connectivity index (χ2n) is 7.51. The van der Waals surface area contributed by atoms with Crippen molar-refractivity contribution in [1.29, 1.82) is 0 Å². The molecule has 1 aliphatic rings. The molecule has 1 aliphatic carbocycles. The number of nitrogens with one attached hydrogen (secondary N) is 2. The summed E-state index contributed by atoms with van der Waals surface area (Å²) in [4.78, 5) is 25.5. The highest BCUT2D eigenvalue weighted by atomic mass is 16.2. The lowest BCUT2D eigenvalue weighted by Gasteiger charge is -2.17. The maximum atomic E-state index is 12.8. The highest BCUT2D eigenvalue weighted by Gasteiger charge is 2.56. The lowest BCUT2D eigenvalue weighted by Crippen LogP contribution is -2.35. The Balaban J connectivity index is 1.70. The van der Waals surface area contributed by atoms with Crippen LogP contribution in [-0.4, -0.2) is 11.8 Å². The second-order valence-corrected chi connectivity index (χ2v) is 7.51. The zero-order chi connectivity index (χ0) is 18.9. The highest BCUT2D eigenvalue weighted by Crippen LogP contribution is 2.47. The van der Waals surface area contributed by atoms with Gasteiger partial charge in [-0.15, -0.1) is 0 Å². The van der Waals surface area contributed by atoms with Gasteiger partial charge in [0.2, 0.25) is 11.8 Å². The molecular weight excluding hydrogens is 324 g/mol. The average Bonchev–Trinajstić information content (AvgIpc) is 3.41. The normalized spacial score (nSPS) is 14.8. The maximum Gasteiger partial charge on any atom is 0.240 e. The van der Waals surface area contributed by atoms with E-state index in [1.807, 2.05) is 56.3 Å². The molecule has 0 aliphatic heterocycles. The van der Waals surface area contributed by atoms with E-state index in [0.29, 0.717) is 18.8 Å². The number of aryl methyl sites for hydroxylation is 1. The molecule has 0 radical (unpaired) electrons. The van der Waals surface area contributed by atoms with Gasteiger partial charge in [-0.25, -0.2) is 0 Å². The molecule has 26 heavy (non-hydrogen) atoms. The summed E-state index contributed by atoms with van der Waals surface area (Å²) in [5.74, 6) is -0.00187. The van der Waals surface area contributed by atoms with Crippen LogP contribution in [0.15, 0.2) is 42.5 Å². The van der Waals surface area contributed by atoms with Crippen LogP contribution in [-0.2, 0) is 9.59 Å². The van der Waals surface area contributed by atoms with Crippen molar-refractivity contribution in [2.45, 2.75) is 46.5 Å². The quantitative estimate of drug-likeness (QED) is 0.762. The van der Waals surface area contributed by atoms with E-state index in [0.717, 1.165) is 22.5 Å². The third-order valence-corrected chi connectivity index (χ3v) is 5.31. The van der Waals surface area contributed by atoms with Crippen molar-refractivity contribution in [3.8, 4) is 0 Å². The van der Waals surface area contributed by atoms with Gasteiger partial charge in [-0.1, -0.05) is 38.1 Å². The summed E-state index contributed by atoms with van der Waals surface area (Å²) in [6.45, 7) is 8.24. The fraction of sp³-hybridized carbons (Fsp3) is 0.364. The van der Waals surface area contributed by atoms with Crippen molar-refractivity contribution in [3.63, 3.8) is 0 Å². The maximum absolute atomic E-state index is 12.8. The molecule has 3 rings (SSSR count). The summed E-state index contributed by atoms with van der Waals surface area (Å²) in [6.07, 6.45) is 1.17. The molecule has 0 bridgehead atoms. The smallest absolute Gasteiger partial charge is 0.240 e. The molecule has 2 aromatic carbocycles. The largest absolute Gasteiger partial charge is 0.325 e. The highest BCUT2D eigenvalue weighted by molar-refractivity contribution is 6.17. The van der Waals surface area contributed by atoms with Crippen LogP contribution in [0.1, 0.15) is 49.3 Å². The van der Waals surface area contributed by atoms with Crippen molar-refractivity contribution < 1.29 is 9.59 Å². The minimum absolute atomic E-state index is 0.220. The van der Waals surface area contributed by atoms with Crippen molar-refractivity contribution in [3.05, 3.63) is 59.2 Å². The SMILES string of the molecule is Cc1cccc(NC(=O)C2(C(=O)Nc3ccc(C(C)C)cc3)CC2)c1C. The first-order valence-electron chi connectivity index (χ1n) is 9.12. The minimum Gasteiger partial charge on any atom is -0.325 e. The molecule has 1 saturated carbocycles. The second kappa shape index (κ2) is 6.94. The molecule has 2 amide bonds. The first kappa shape index (κ1) is 18.2. The van der Waals surface area contributed by atoms with Crippen molar-refractivity contribution in [1.82, 2.24) is 0 Å². The van der Waals surface area contributed by atoms with Gasteiger partial charge < -0.3 is 10.6 Å². The van der Waals surface area contributed by atoms with Crippen LogP contribution in [0.25, 0.3) is 0 Å². The number of benzene rings is 2. The summed E-state index contributed by atoms with van der Waals surface area (Å²) < 4.78 is 0. The molecule has 0 spiro atoms. The molecule has 1 fully saturated rings. The van der Waals surface area contributed by atoms with E-state index >= 15 is 0 Å². The van der Waals surface area contributed by atoms with Crippen LogP contribution in [0, 0.1) is 19.3 Å². The fourth-order valence-electron chi connectivity index (χ4n) is 3.01. The van der Waals surface area contributed by atoms with Gasteiger partial charge in [0.1, 0.15) is 5.41 Å². The molecule has 4 nitrogen and oxygen atoms in total. The van der Waals surface area contributed by atoms with E-state index in [4.69, 9.17) is 0 Å². The van der Waals surface area contributed by atoms with E-state index in [1.54, 1.807) is 0 Å². The summed E-state index contributed by atoms with van der Waals surface area (Å²) in [7, 11) is 0. The van der Waals surface area contributed by atoms with E-state index in [2.05, 4.69) is 24.5 Å². The third kappa shape index (κ3) is 3.50. The van der Waals surface area contributed by atoms with Crippen LogP contribution in [0.4, 0.5) is 11.4 Å². The number of hydrogen-bond donors (Lipinski definition) is 2. The zero-order valence-electron chi connectivity index (χ0n) is 15.8. The first-order chi connectivity index (χ1) is 12.3. The Morgan fingerprint density at radius 3 is 2.12 bits per heavy atom. The molecule has 2 N–H and O–H groups in total.